The Morgan fingerprint density at radius 3 is 2.47 bits per heavy atom. The van der Waals surface area contributed by atoms with Crippen LogP contribution in [0.2, 0.25) is 0 Å². The molecule has 2 N–H and O–H groups in total. The number of hydrogen-bond acceptors (Lipinski definition) is 3. The predicted molar refractivity (Wildman–Crippen MR) is 77.8 cm³/mol. The Bertz CT molecular complexity index is 743. The van der Waals surface area contributed by atoms with E-state index in [1.54, 1.807) is 0 Å². The van der Waals surface area contributed by atoms with Crippen LogP contribution in [0, 0.1) is 6.92 Å². The Hall–Kier alpha value is -2.36. The monoisotopic (exact) mass is 252 g/mol. The van der Waals surface area contributed by atoms with Gasteiger partial charge in [0, 0.05) is 17.8 Å². The van der Waals surface area contributed by atoms with Crippen LogP contribution in [0.15, 0.2) is 36.4 Å². The summed E-state index contributed by atoms with van der Waals surface area (Å²) in [7, 11) is 0. The van der Waals surface area contributed by atoms with Crippen LogP contribution >= 0.6 is 0 Å². The number of nitrogens with two attached hydrogens (primary N) is 1. The molecule has 0 saturated heterocycles. The van der Waals surface area contributed by atoms with Crippen LogP contribution < -0.4 is 5.73 Å². The van der Waals surface area contributed by atoms with Crippen molar-refractivity contribution in [2.24, 2.45) is 0 Å². The van der Waals surface area contributed by atoms with Crippen molar-refractivity contribution in [1.82, 2.24) is 14.8 Å². The Morgan fingerprint density at radius 2 is 1.79 bits per heavy atom. The summed E-state index contributed by atoms with van der Waals surface area (Å²) in [5.41, 5.74) is 7.85. The fourth-order valence-electron chi connectivity index (χ4n) is 2.41. The minimum atomic E-state index is 0.737. The summed E-state index contributed by atoms with van der Waals surface area (Å²) in [6.07, 6.45) is 0. The lowest BCUT2D eigenvalue weighted by atomic mass is 10.0. The zero-order valence-corrected chi connectivity index (χ0v) is 11.1. The smallest absolute Gasteiger partial charge is 0.166 e. The Labute approximate surface area is 111 Å². The predicted octanol–water partition coefficient (Wildman–Crippen LogP) is 3.01. The maximum atomic E-state index is 6.17. The Kier molecular flexibility index (Phi) is 2.71. The molecule has 0 saturated carbocycles. The SMILES string of the molecule is CCn1c(C)nnc1-c1cc2ccccc2cc1N. The number of aromatic nitrogens is 3. The fourth-order valence-corrected chi connectivity index (χ4v) is 2.41. The van der Waals surface area contributed by atoms with E-state index in [0.717, 1.165) is 40.2 Å². The lowest BCUT2D eigenvalue weighted by Crippen LogP contribution is -2.02. The second kappa shape index (κ2) is 4.39. The molecule has 0 aliphatic heterocycles. The molecule has 0 radical (unpaired) electrons. The van der Waals surface area contributed by atoms with Crippen molar-refractivity contribution < 1.29 is 0 Å². The van der Waals surface area contributed by atoms with Crippen molar-refractivity contribution in [3.05, 3.63) is 42.2 Å². The summed E-state index contributed by atoms with van der Waals surface area (Å²) in [6, 6.07) is 12.3. The van der Waals surface area contributed by atoms with Gasteiger partial charge in [-0.05, 0) is 36.8 Å². The zero-order chi connectivity index (χ0) is 13.4. The highest BCUT2D eigenvalue weighted by atomic mass is 15.3. The van der Waals surface area contributed by atoms with Crippen molar-refractivity contribution in [1.29, 1.82) is 0 Å². The van der Waals surface area contributed by atoms with Crippen LogP contribution in [0.4, 0.5) is 5.69 Å². The van der Waals surface area contributed by atoms with E-state index in [4.69, 9.17) is 5.73 Å². The molecular weight excluding hydrogens is 236 g/mol. The number of hydrogen-bond donors (Lipinski definition) is 1. The van der Waals surface area contributed by atoms with E-state index in [-0.39, 0.29) is 0 Å². The van der Waals surface area contributed by atoms with Crippen LogP contribution in [-0.2, 0) is 6.54 Å². The molecule has 19 heavy (non-hydrogen) atoms. The summed E-state index contributed by atoms with van der Waals surface area (Å²) in [5, 5.41) is 10.7. The van der Waals surface area contributed by atoms with E-state index >= 15 is 0 Å². The fraction of sp³-hybridized carbons (Fsp3) is 0.200. The first-order chi connectivity index (χ1) is 9.20. The van der Waals surface area contributed by atoms with Gasteiger partial charge in [0.15, 0.2) is 5.82 Å². The minimum Gasteiger partial charge on any atom is -0.398 e. The first-order valence-corrected chi connectivity index (χ1v) is 6.39. The van der Waals surface area contributed by atoms with Gasteiger partial charge >= 0.3 is 0 Å². The maximum absolute atomic E-state index is 6.17. The molecule has 1 aromatic heterocycles. The molecule has 3 aromatic rings. The molecule has 0 aliphatic rings. The Morgan fingerprint density at radius 1 is 1.11 bits per heavy atom. The van der Waals surface area contributed by atoms with Gasteiger partial charge in [-0.3, -0.25) is 0 Å². The number of rotatable bonds is 2. The molecule has 0 fully saturated rings. The number of anilines is 1. The Balaban J connectivity index is 2.27. The molecule has 0 unspecified atom stereocenters. The first-order valence-electron chi connectivity index (χ1n) is 6.39. The van der Waals surface area contributed by atoms with Gasteiger partial charge in [-0.1, -0.05) is 24.3 Å². The van der Waals surface area contributed by atoms with Crippen LogP contribution in [0.5, 0.6) is 0 Å². The molecule has 4 heteroatoms. The van der Waals surface area contributed by atoms with Crippen LogP contribution in [-0.4, -0.2) is 14.8 Å². The van der Waals surface area contributed by atoms with Gasteiger partial charge < -0.3 is 10.3 Å². The third-order valence-corrected chi connectivity index (χ3v) is 3.41. The van der Waals surface area contributed by atoms with Gasteiger partial charge in [-0.15, -0.1) is 10.2 Å². The third kappa shape index (κ3) is 1.85. The number of benzene rings is 2. The van der Waals surface area contributed by atoms with Crippen molar-refractivity contribution >= 4 is 16.5 Å². The normalized spacial score (nSPS) is 11.1. The van der Waals surface area contributed by atoms with E-state index in [9.17, 15) is 0 Å². The second-order valence-electron chi connectivity index (χ2n) is 4.60. The van der Waals surface area contributed by atoms with Crippen molar-refractivity contribution in [3.8, 4) is 11.4 Å². The molecule has 1 heterocycles. The maximum Gasteiger partial charge on any atom is 0.166 e. The highest BCUT2D eigenvalue weighted by Crippen LogP contribution is 2.29. The third-order valence-electron chi connectivity index (χ3n) is 3.41. The molecule has 2 aromatic carbocycles. The lowest BCUT2D eigenvalue weighted by Gasteiger charge is -2.09. The zero-order valence-electron chi connectivity index (χ0n) is 11.1. The molecule has 4 nitrogen and oxygen atoms in total. The summed E-state index contributed by atoms with van der Waals surface area (Å²) in [5.74, 6) is 1.74. The van der Waals surface area contributed by atoms with Crippen molar-refractivity contribution in [2.45, 2.75) is 20.4 Å². The molecule has 0 aliphatic carbocycles. The molecule has 0 bridgehead atoms. The highest BCUT2D eigenvalue weighted by Gasteiger charge is 2.13. The summed E-state index contributed by atoms with van der Waals surface area (Å²) >= 11 is 0. The van der Waals surface area contributed by atoms with Crippen LogP contribution in [0.25, 0.3) is 22.2 Å². The quantitative estimate of drug-likeness (QED) is 0.713. The number of aryl methyl sites for hydroxylation is 1. The van der Waals surface area contributed by atoms with E-state index in [1.807, 2.05) is 25.1 Å². The average molecular weight is 252 g/mol. The highest BCUT2D eigenvalue weighted by molar-refractivity contribution is 5.92. The van der Waals surface area contributed by atoms with Crippen LogP contribution in [0.1, 0.15) is 12.7 Å². The topological polar surface area (TPSA) is 56.7 Å². The van der Waals surface area contributed by atoms with Gasteiger partial charge in [-0.25, -0.2) is 0 Å². The van der Waals surface area contributed by atoms with E-state index in [0.29, 0.717) is 0 Å². The molecule has 3 rings (SSSR count). The summed E-state index contributed by atoms with van der Waals surface area (Å²) in [4.78, 5) is 0. The number of nitrogen functional groups attached to an aromatic ring is 1. The van der Waals surface area contributed by atoms with E-state index in [2.05, 4.69) is 39.9 Å². The molecule has 0 atom stereocenters. The molecule has 96 valence electrons. The van der Waals surface area contributed by atoms with Gasteiger partial charge in [0.1, 0.15) is 5.82 Å². The minimum absolute atomic E-state index is 0.737. The lowest BCUT2D eigenvalue weighted by molar-refractivity contribution is 0.737. The summed E-state index contributed by atoms with van der Waals surface area (Å²) < 4.78 is 2.07. The van der Waals surface area contributed by atoms with Gasteiger partial charge in [0.05, 0.1) is 0 Å². The van der Waals surface area contributed by atoms with E-state index in [1.165, 1.54) is 0 Å². The van der Waals surface area contributed by atoms with Gasteiger partial charge in [0.25, 0.3) is 0 Å². The van der Waals surface area contributed by atoms with Crippen molar-refractivity contribution in [3.63, 3.8) is 0 Å². The van der Waals surface area contributed by atoms with E-state index < -0.39 is 0 Å². The van der Waals surface area contributed by atoms with Crippen molar-refractivity contribution in [2.75, 3.05) is 5.73 Å². The summed E-state index contributed by atoms with van der Waals surface area (Å²) in [6.45, 7) is 4.87. The molecule has 0 amide bonds. The number of fused-ring (bicyclic) bond motifs is 1. The first kappa shape index (κ1) is 11.7. The van der Waals surface area contributed by atoms with Crippen LogP contribution in [0.3, 0.4) is 0 Å². The van der Waals surface area contributed by atoms with Gasteiger partial charge in [0.2, 0.25) is 0 Å². The average Bonchev–Trinajstić information content (AvgIpc) is 2.78. The number of nitrogens with zero attached hydrogens (tertiary/aromatic N) is 3. The standard InChI is InChI=1S/C15H16N4/c1-3-19-10(2)17-18-15(19)13-8-11-6-4-5-7-12(11)9-14(13)16/h4-9H,3,16H2,1-2H3. The molecule has 0 spiro atoms. The second-order valence-corrected chi connectivity index (χ2v) is 4.60. The largest absolute Gasteiger partial charge is 0.398 e. The molecular formula is C15H16N4. The van der Waals surface area contributed by atoms with Gasteiger partial charge in [-0.2, -0.15) is 0 Å².